The summed E-state index contributed by atoms with van der Waals surface area (Å²) in [5.41, 5.74) is 1.02. The molecule has 0 aliphatic carbocycles. The molecule has 35 heavy (non-hydrogen) atoms. The van der Waals surface area contributed by atoms with Crippen LogP contribution >= 0.6 is 0 Å². The minimum Gasteiger partial charge on any atom is -0.497 e. The number of ether oxygens (including phenoxy) is 2. The first-order valence-corrected chi connectivity index (χ1v) is 12.9. The lowest BCUT2D eigenvalue weighted by molar-refractivity contribution is 0.0373. The van der Waals surface area contributed by atoms with Gasteiger partial charge in [0.05, 0.1) is 31.2 Å². The maximum atomic E-state index is 13.4. The molecular formula is C25H33N3O6S. The molecule has 0 bridgehead atoms. The molecule has 190 valence electrons. The second kappa shape index (κ2) is 11.2. The van der Waals surface area contributed by atoms with Gasteiger partial charge in [0.1, 0.15) is 17.4 Å². The van der Waals surface area contributed by atoms with E-state index in [9.17, 15) is 18.3 Å². The minimum atomic E-state index is -3.80. The van der Waals surface area contributed by atoms with Crippen LogP contribution in [0, 0.1) is 5.92 Å². The highest BCUT2D eigenvalue weighted by Crippen LogP contribution is 2.28. The number of aromatic nitrogens is 1. The van der Waals surface area contributed by atoms with E-state index in [0.29, 0.717) is 5.75 Å². The molecule has 3 atom stereocenters. The highest BCUT2D eigenvalue weighted by molar-refractivity contribution is 7.89. The zero-order chi connectivity index (χ0) is 25.8. The molecule has 0 spiro atoms. The van der Waals surface area contributed by atoms with E-state index >= 15 is 0 Å². The second-order valence-electron chi connectivity index (χ2n) is 8.71. The van der Waals surface area contributed by atoms with Crippen molar-refractivity contribution in [1.82, 2.24) is 14.2 Å². The average molecular weight is 504 g/mol. The van der Waals surface area contributed by atoms with Crippen LogP contribution in [0.3, 0.4) is 0 Å². The molecule has 0 saturated carbocycles. The lowest BCUT2D eigenvalue weighted by atomic mass is 10.00. The Hall–Kier alpha value is -2.95. The number of hydrogen-bond acceptors (Lipinski definition) is 7. The van der Waals surface area contributed by atoms with Gasteiger partial charge in [-0.05, 0) is 49.7 Å². The van der Waals surface area contributed by atoms with Gasteiger partial charge in [0.25, 0.3) is 5.91 Å². The number of rotatable bonds is 8. The van der Waals surface area contributed by atoms with E-state index in [1.54, 1.807) is 36.2 Å². The fourth-order valence-corrected chi connectivity index (χ4v) is 5.08. The van der Waals surface area contributed by atoms with Gasteiger partial charge in [0.2, 0.25) is 15.9 Å². The number of allylic oxidation sites excluding steroid dienone is 1. The number of nitrogens with zero attached hydrogens (tertiary/aromatic N) is 3. The molecule has 0 saturated heterocycles. The van der Waals surface area contributed by atoms with E-state index < -0.39 is 22.2 Å². The molecule has 1 aromatic carbocycles. The Kier molecular flexibility index (Phi) is 8.52. The number of methoxy groups -OCH3 is 1. The molecule has 1 aliphatic heterocycles. The third kappa shape index (κ3) is 5.83. The molecule has 3 rings (SSSR count). The molecule has 1 N–H and O–H groups in total. The maximum absolute atomic E-state index is 13.4. The standard InChI is InChI=1S/C25H33N3O6S/c1-6-7-19-12-22-24(26-13-19)34-23(17(2)14-28(25(22)30)18(3)16-29)15-27(4)35(31,32)21-10-8-20(33-5)9-11-21/h6-13,17-18,23,29H,14-16H2,1-5H3/b7-6+/t17-,18-,23+/m1/s1. The number of pyridine rings is 1. The Labute approximate surface area is 207 Å². The molecule has 0 unspecified atom stereocenters. The lowest BCUT2D eigenvalue weighted by Crippen LogP contribution is -2.50. The predicted octanol–water partition coefficient (Wildman–Crippen LogP) is 2.66. The molecule has 10 heteroatoms. The molecule has 9 nitrogen and oxygen atoms in total. The highest BCUT2D eigenvalue weighted by atomic mass is 32.2. The molecule has 1 amide bonds. The predicted molar refractivity (Wildman–Crippen MR) is 133 cm³/mol. The summed E-state index contributed by atoms with van der Waals surface area (Å²) in [7, 11) is -0.784. The quantitative estimate of drug-likeness (QED) is 0.590. The van der Waals surface area contributed by atoms with Crippen LogP contribution in [-0.4, -0.2) is 79.6 Å². The van der Waals surface area contributed by atoms with E-state index in [1.165, 1.54) is 30.6 Å². The Morgan fingerprint density at radius 2 is 2.03 bits per heavy atom. The first-order valence-electron chi connectivity index (χ1n) is 11.4. The van der Waals surface area contributed by atoms with Crippen molar-refractivity contribution in [3.05, 3.63) is 53.7 Å². The summed E-state index contributed by atoms with van der Waals surface area (Å²) in [5, 5.41) is 9.77. The van der Waals surface area contributed by atoms with Gasteiger partial charge in [0, 0.05) is 25.7 Å². The van der Waals surface area contributed by atoms with Crippen LogP contribution < -0.4 is 9.47 Å². The van der Waals surface area contributed by atoms with Crippen LogP contribution in [0.25, 0.3) is 6.08 Å². The van der Waals surface area contributed by atoms with Crippen LogP contribution in [0.15, 0.2) is 47.5 Å². The van der Waals surface area contributed by atoms with Crippen molar-refractivity contribution < 1.29 is 27.8 Å². The van der Waals surface area contributed by atoms with Crippen molar-refractivity contribution in [2.45, 2.75) is 37.8 Å². The lowest BCUT2D eigenvalue weighted by Gasteiger charge is -2.37. The number of sulfonamides is 1. The molecule has 2 aromatic rings. The smallest absolute Gasteiger partial charge is 0.259 e. The Balaban J connectivity index is 1.95. The van der Waals surface area contributed by atoms with E-state index in [4.69, 9.17) is 9.47 Å². The van der Waals surface area contributed by atoms with Gasteiger partial charge in [-0.3, -0.25) is 4.79 Å². The average Bonchev–Trinajstić information content (AvgIpc) is 2.86. The van der Waals surface area contributed by atoms with Gasteiger partial charge in [-0.15, -0.1) is 0 Å². The first-order chi connectivity index (χ1) is 16.6. The molecule has 2 heterocycles. The van der Waals surface area contributed by atoms with Crippen LogP contribution in [0.5, 0.6) is 11.6 Å². The number of likely N-dealkylation sites (N-methyl/N-ethyl adjacent to an activating group) is 1. The summed E-state index contributed by atoms with van der Waals surface area (Å²) in [6.07, 6.45) is 4.69. The summed E-state index contributed by atoms with van der Waals surface area (Å²) < 4.78 is 39.0. The summed E-state index contributed by atoms with van der Waals surface area (Å²) >= 11 is 0. The third-order valence-corrected chi connectivity index (χ3v) is 7.94. The monoisotopic (exact) mass is 503 g/mol. The van der Waals surface area contributed by atoms with Gasteiger partial charge < -0.3 is 19.5 Å². The first kappa shape index (κ1) is 26.7. The van der Waals surface area contributed by atoms with E-state index in [1.807, 2.05) is 26.0 Å². The third-order valence-electron chi connectivity index (χ3n) is 6.11. The highest BCUT2D eigenvalue weighted by Gasteiger charge is 2.35. The van der Waals surface area contributed by atoms with Crippen molar-refractivity contribution in [3.8, 4) is 11.6 Å². The topological polar surface area (TPSA) is 109 Å². The van der Waals surface area contributed by atoms with Crippen molar-refractivity contribution in [3.63, 3.8) is 0 Å². The fraction of sp³-hybridized carbons (Fsp3) is 0.440. The Morgan fingerprint density at radius 1 is 1.34 bits per heavy atom. The maximum Gasteiger partial charge on any atom is 0.259 e. The summed E-state index contributed by atoms with van der Waals surface area (Å²) in [6.45, 7) is 5.66. The van der Waals surface area contributed by atoms with Crippen molar-refractivity contribution >= 4 is 22.0 Å². The minimum absolute atomic E-state index is 0.0444. The largest absolute Gasteiger partial charge is 0.497 e. The Bertz CT molecular complexity index is 1170. The summed E-state index contributed by atoms with van der Waals surface area (Å²) in [5.74, 6) is 0.174. The SMILES string of the molecule is C/C=C/c1cnc2c(c1)C(=O)N([C@H](C)CO)C[C@@H](C)[C@H](CN(C)S(=O)(=O)c1ccc(OC)cc1)O2. The van der Waals surface area contributed by atoms with Crippen LogP contribution in [-0.2, 0) is 10.0 Å². The van der Waals surface area contributed by atoms with E-state index in [-0.39, 0.29) is 47.9 Å². The number of amides is 1. The number of fused-ring (bicyclic) bond motifs is 1. The Morgan fingerprint density at radius 3 is 2.63 bits per heavy atom. The normalized spacial score (nSPS) is 19.7. The number of benzene rings is 1. The van der Waals surface area contributed by atoms with Crippen LogP contribution in [0.4, 0.5) is 0 Å². The molecule has 1 aliphatic rings. The van der Waals surface area contributed by atoms with Crippen molar-refractivity contribution in [2.24, 2.45) is 5.92 Å². The molecule has 1 aromatic heterocycles. The van der Waals surface area contributed by atoms with Gasteiger partial charge in [-0.2, -0.15) is 4.31 Å². The molecule has 0 radical (unpaired) electrons. The number of carbonyl (C=O) groups excluding carboxylic acids is 1. The molecule has 0 fully saturated rings. The van der Waals surface area contributed by atoms with Crippen molar-refractivity contribution in [2.75, 3.05) is 33.9 Å². The van der Waals surface area contributed by atoms with E-state index in [2.05, 4.69) is 4.98 Å². The fourth-order valence-electron chi connectivity index (χ4n) is 3.90. The van der Waals surface area contributed by atoms with E-state index in [0.717, 1.165) is 5.56 Å². The zero-order valence-corrected chi connectivity index (χ0v) is 21.5. The second-order valence-corrected chi connectivity index (χ2v) is 10.8. The molecular weight excluding hydrogens is 470 g/mol. The summed E-state index contributed by atoms with van der Waals surface area (Å²) in [4.78, 5) is 19.5. The number of aliphatic hydroxyl groups excluding tert-OH is 1. The number of hydrogen-bond donors (Lipinski definition) is 1. The van der Waals surface area contributed by atoms with Gasteiger partial charge in [-0.1, -0.05) is 19.1 Å². The van der Waals surface area contributed by atoms with Crippen LogP contribution in [0.1, 0.15) is 36.7 Å². The van der Waals surface area contributed by atoms with Gasteiger partial charge in [0.15, 0.2) is 0 Å². The van der Waals surface area contributed by atoms with Gasteiger partial charge in [-0.25, -0.2) is 13.4 Å². The number of carbonyl (C=O) groups is 1. The van der Waals surface area contributed by atoms with Crippen molar-refractivity contribution in [1.29, 1.82) is 0 Å². The van der Waals surface area contributed by atoms with Crippen LogP contribution in [0.2, 0.25) is 0 Å². The van der Waals surface area contributed by atoms with Gasteiger partial charge >= 0.3 is 0 Å². The zero-order valence-electron chi connectivity index (χ0n) is 20.7. The number of aliphatic hydroxyl groups is 1. The summed E-state index contributed by atoms with van der Waals surface area (Å²) in [6, 6.07) is 7.46.